The van der Waals surface area contributed by atoms with Crippen molar-refractivity contribution in [1.82, 2.24) is 14.9 Å². The molecule has 0 unspecified atom stereocenters. The largest absolute Gasteiger partial charge is 0.478 e. The monoisotopic (exact) mass is 588 g/mol. The molecule has 9 nitrogen and oxygen atoms in total. The fraction of sp³-hybridized carbons (Fsp3) is 0.200. The quantitative estimate of drug-likeness (QED) is 0.159. The van der Waals surface area contributed by atoms with Crippen molar-refractivity contribution in [2.75, 3.05) is 5.32 Å². The summed E-state index contributed by atoms with van der Waals surface area (Å²) in [5.41, 5.74) is 4.78. The van der Waals surface area contributed by atoms with Gasteiger partial charge in [-0.1, -0.05) is 61.7 Å². The number of carbonyl (C=O) groups excluding carboxylic acids is 2. The molecule has 1 atom stereocenters. The van der Waals surface area contributed by atoms with Gasteiger partial charge >= 0.3 is 5.97 Å². The van der Waals surface area contributed by atoms with E-state index in [4.69, 9.17) is 14.5 Å². The first-order chi connectivity index (χ1) is 21.5. The third-order valence-corrected chi connectivity index (χ3v) is 7.94. The van der Waals surface area contributed by atoms with E-state index in [1.807, 2.05) is 30.3 Å². The fourth-order valence-electron chi connectivity index (χ4n) is 5.76. The van der Waals surface area contributed by atoms with E-state index in [0.29, 0.717) is 33.9 Å². The van der Waals surface area contributed by atoms with Gasteiger partial charge in [-0.25, -0.2) is 9.78 Å². The van der Waals surface area contributed by atoms with E-state index in [2.05, 4.69) is 15.2 Å². The summed E-state index contributed by atoms with van der Waals surface area (Å²) in [6.07, 6.45) is 11.6. The average Bonchev–Trinajstić information content (AvgIpc) is 3.72. The Balaban J connectivity index is 1.26. The van der Waals surface area contributed by atoms with Crippen molar-refractivity contribution in [3.8, 4) is 11.4 Å². The van der Waals surface area contributed by atoms with Crippen LogP contribution >= 0.6 is 0 Å². The third kappa shape index (κ3) is 6.32. The van der Waals surface area contributed by atoms with Gasteiger partial charge in [0.2, 0.25) is 0 Å². The number of fused-ring (bicyclic) bond motifs is 1. The van der Waals surface area contributed by atoms with E-state index >= 15 is 0 Å². The Morgan fingerprint density at radius 1 is 0.955 bits per heavy atom. The van der Waals surface area contributed by atoms with Crippen molar-refractivity contribution in [2.24, 2.45) is 0 Å². The molecule has 44 heavy (non-hydrogen) atoms. The summed E-state index contributed by atoms with van der Waals surface area (Å²) in [5, 5.41) is 14.6. The SMILES string of the molecule is O=C(O)/C=C/c1ccc(NC(=O)[C@@H](NC(=O)c2ccc3c(c2)nc(-c2ccoc2)n3C2CCCCC2)c2ccccc2)cc1. The third-order valence-electron chi connectivity index (χ3n) is 7.94. The fourth-order valence-corrected chi connectivity index (χ4v) is 5.76. The van der Waals surface area contributed by atoms with Gasteiger partial charge in [-0.15, -0.1) is 0 Å². The van der Waals surface area contributed by atoms with Gasteiger partial charge in [0, 0.05) is 23.4 Å². The van der Waals surface area contributed by atoms with Crippen molar-refractivity contribution >= 4 is 40.6 Å². The number of nitrogens with zero attached hydrogens (tertiary/aromatic N) is 2. The molecule has 9 heteroatoms. The molecule has 0 spiro atoms. The summed E-state index contributed by atoms with van der Waals surface area (Å²) >= 11 is 0. The van der Waals surface area contributed by atoms with Crippen LogP contribution in [0.5, 0.6) is 0 Å². The van der Waals surface area contributed by atoms with E-state index in [-0.39, 0.29) is 0 Å². The zero-order valence-corrected chi connectivity index (χ0v) is 24.0. The summed E-state index contributed by atoms with van der Waals surface area (Å²) in [5.74, 6) is -1.03. The van der Waals surface area contributed by atoms with Gasteiger partial charge < -0.3 is 24.7 Å². The molecule has 0 bridgehead atoms. The van der Waals surface area contributed by atoms with Crippen LogP contribution in [0.2, 0.25) is 0 Å². The lowest BCUT2D eigenvalue weighted by Gasteiger charge is -2.25. The molecule has 0 saturated heterocycles. The molecular weight excluding hydrogens is 556 g/mol. The van der Waals surface area contributed by atoms with Crippen molar-refractivity contribution < 1.29 is 23.9 Å². The number of anilines is 1. The van der Waals surface area contributed by atoms with Crippen LogP contribution in [-0.4, -0.2) is 32.4 Å². The molecule has 0 radical (unpaired) electrons. The van der Waals surface area contributed by atoms with E-state index < -0.39 is 23.8 Å². The number of amides is 2. The Morgan fingerprint density at radius 2 is 1.73 bits per heavy atom. The summed E-state index contributed by atoms with van der Waals surface area (Å²) in [6, 6.07) is 22.6. The normalized spacial score (nSPS) is 14.5. The molecule has 0 aliphatic heterocycles. The highest BCUT2D eigenvalue weighted by molar-refractivity contribution is 6.03. The summed E-state index contributed by atoms with van der Waals surface area (Å²) in [4.78, 5) is 42.9. The zero-order chi connectivity index (χ0) is 30.5. The summed E-state index contributed by atoms with van der Waals surface area (Å²) in [7, 11) is 0. The minimum absolute atomic E-state index is 0.326. The first kappa shape index (κ1) is 28.7. The molecular formula is C35H32N4O5. The number of carboxylic acid groups (broad SMARTS) is 1. The molecule has 6 rings (SSSR count). The molecule has 3 N–H and O–H groups in total. The van der Waals surface area contributed by atoms with Crippen molar-refractivity contribution in [3.05, 3.63) is 114 Å². The number of aromatic nitrogens is 2. The highest BCUT2D eigenvalue weighted by Gasteiger charge is 2.26. The second-order valence-corrected chi connectivity index (χ2v) is 10.9. The number of nitrogens with one attached hydrogen (secondary N) is 2. The standard InChI is InChI=1S/C35H32N4O5/c40-31(41)18-13-23-11-15-27(16-12-23)36-35(43)32(24-7-3-1-4-8-24)38-34(42)25-14-17-30-29(21-25)37-33(26-19-20-44-22-26)39(30)28-9-5-2-6-10-28/h1,3-4,7-8,11-22,28,32H,2,5-6,9-10H2,(H,36,43)(H,38,42)(H,40,41)/b18-13+/t32-/m0/s1. The number of hydrogen-bond acceptors (Lipinski definition) is 5. The smallest absolute Gasteiger partial charge is 0.328 e. The van der Waals surface area contributed by atoms with Crippen LogP contribution in [0.1, 0.15) is 65.7 Å². The van der Waals surface area contributed by atoms with Gasteiger partial charge in [-0.3, -0.25) is 9.59 Å². The number of carbonyl (C=O) groups is 3. The van der Waals surface area contributed by atoms with Gasteiger partial charge in [0.05, 0.1) is 22.9 Å². The maximum Gasteiger partial charge on any atom is 0.328 e. The molecule has 2 amide bonds. The van der Waals surface area contributed by atoms with Crippen molar-refractivity contribution in [3.63, 3.8) is 0 Å². The first-order valence-electron chi connectivity index (χ1n) is 14.7. The molecule has 1 fully saturated rings. The second-order valence-electron chi connectivity index (χ2n) is 10.9. The second kappa shape index (κ2) is 12.8. The Bertz CT molecular complexity index is 1800. The number of rotatable bonds is 9. The maximum atomic E-state index is 13.6. The van der Waals surface area contributed by atoms with Crippen molar-refractivity contribution in [1.29, 1.82) is 0 Å². The van der Waals surface area contributed by atoms with Crippen LogP contribution in [0, 0.1) is 0 Å². The zero-order valence-electron chi connectivity index (χ0n) is 24.0. The molecule has 1 aliphatic rings. The lowest BCUT2D eigenvalue weighted by Crippen LogP contribution is -2.37. The van der Waals surface area contributed by atoms with E-state index in [1.165, 1.54) is 25.3 Å². The molecule has 222 valence electrons. The first-order valence-corrected chi connectivity index (χ1v) is 14.7. The van der Waals surface area contributed by atoms with Crippen LogP contribution in [0.3, 0.4) is 0 Å². The topological polar surface area (TPSA) is 126 Å². The predicted octanol–water partition coefficient (Wildman–Crippen LogP) is 7.01. The Morgan fingerprint density at radius 3 is 2.43 bits per heavy atom. The molecule has 2 aromatic heterocycles. The number of hydrogen-bond donors (Lipinski definition) is 3. The molecule has 1 saturated carbocycles. The van der Waals surface area contributed by atoms with Crippen LogP contribution < -0.4 is 10.6 Å². The van der Waals surface area contributed by atoms with Crippen LogP contribution in [-0.2, 0) is 9.59 Å². The van der Waals surface area contributed by atoms with Gasteiger partial charge in [0.15, 0.2) is 0 Å². The molecule has 1 aliphatic carbocycles. The lowest BCUT2D eigenvalue weighted by atomic mass is 9.95. The van der Waals surface area contributed by atoms with Crippen LogP contribution in [0.4, 0.5) is 5.69 Å². The van der Waals surface area contributed by atoms with E-state index in [9.17, 15) is 14.4 Å². The van der Waals surface area contributed by atoms with Crippen molar-refractivity contribution in [2.45, 2.75) is 44.2 Å². The Kier molecular flexibility index (Phi) is 8.36. The van der Waals surface area contributed by atoms with Crippen LogP contribution in [0.25, 0.3) is 28.5 Å². The van der Waals surface area contributed by atoms with E-state index in [0.717, 1.165) is 35.8 Å². The number of benzene rings is 3. The number of carboxylic acids is 1. The summed E-state index contributed by atoms with van der Waals surface area (Å²) in [6.45, 7) is 0. The highest BCUT2D eigenvalue weighted by atomic mass is 16.4. The van der Waals surface area contributed by atoms with E-state index in [1.54, 1.807) is 61.1 Å². The summed E-state index contributed by atoms with van der Waals surface area (Å²) < 4.78 is 7.65. The minimum atomic E-state index is -1.04. The van der Waals surface area contributed by atoms with Gasteiger partial charge in [-0.05, 0) is 66.4 Å². The van der Waals surface area contributed by atoms with Gasteiger partial charge in [0.1, 0.15) is 18.1 Å². The highest BCUT2D eigenvalue weighted by Crippen LogP contribution is 2.36. The number of imidazole rings is 1. The van der Waals surface area contributed by atoms with Crippen LogP contribution in [0.15, 0.2) is 102 Å². The maximum absolute atomic E-state index is 13.6. The molecule has 5 aromatic rings. The Hall–Kier alpha value is -5.44. The number of aliphatic carboxylic acids is 1. The predicted molar refractivity (Wildman–Crippen MR) is 168 cm³/mol. The van der Waals surface area contributed by atoms with Gasteiger partial charge in [-0.2, -0.15) is 0 Å². The Labute approximate surface area is 254 Å². The molecule has 3 aromatic carbocycles. The number of furan rings is 1. The minimum Gasteiger partial charge on any atom is -0.478 e. The van der Waals surface area contributed by atoms with Gasteiger partial charge in [0.25, 0.3) is 11.8 Å². The lowest BCUT2D eigenvalue weighted by molar-refractivity contribution is -0.131. The molecule has 2 heterocycles. The average molecular weight is 589 g/mol.